The molecule has 6 nitrogen and oxygen atoms in total. The Morgan fingerprint density at radius 2 is 2.22 bits per heavy atom. The van der Waals surface area contributed by atoms with E-state index in [1.54, 1.807) is 18.2 Å². The zero-order chi connectivity index (χ0) is 12.5. The number of ether oxygens (including phenoxy) is 3. The second-order valence-electron chi connectivity index (χ2n) is 3.47. The first-order chi connectivity index (χ1) is 8.74. The highest BCUT2D eigenvalue weighted by atomic mass is 32.1. The molecule has 3 rings (SSSR count). The Morgan fingerprint density at radius 1 is 1.39 bits per heavy atom. The lowest BCUT2D eigenvalue weighted by Gasteiger charge is -2.04. The molecule has 0 atom stereocenters. The number of hydrogen-bond acceptors (Lipinski definition) is 6. The summed E-state index contributed by atoms with van der Waals surface area (Å²) in [6, 6.07) is 5.11. The Labute approximate surface area is 106 Å². The Balaban J connectivity index is 1.88. The van der Waals surface area contributed by atoms with E-state index in [2.05, 4.69) is 4.98 Å². The van der Waals surface area contributed by atoms with Gasteiger partial charge in [-0.3, -0.25) is 4.79 Å². The summed E-state index contributed by atoms with van der Waals surface area (Å²) in [7, 11) is 0. The highest BCUT2D eigenvalue weighted by Crippen LogP contribution is 2.37. The van der Waals surface area contributed by atoms with Gasteiger partial charge in [-0.25, -0.2) is 4.98 Å². The van der Waals surface area contributed by atoms with Crippen molar-refractivity contribution in [1.82, 2.24) is 4.98 Å². The predicted molar refractivity (Wildman–Crippen MR) is 63.3 cm³/mol. The number of fused-ring (bicyclic) bond motifs is 1. The van der Waals surface area contributed by atoms with Crippen LogP contribution in [0.4, 0.5) is 0 Å². The van der Waals surface area contributed by atoms with Crippen molar-refractivity contribution in [3.63, 3.8) is 0 Å². The molecule has 18 heavy (non-hydrogen) atoms. The van der Waals surface area contributed by atoms with Crippen molar-refractivity contribution >= 4 is 17.2 Å². The zero-order valence-corrected chi connectivity index (χ0v) is 9.90. The molecule has 0 spiro atoms. The topological polar surface area (TPSA) is 83.7 Å². The van der Waals surface area contributed by atoms with E-state index >= 15 is 0 Å². The van der Waals surface area contributed by atoms with Crippen LogP contribution in [0.3, 0.4) is 0 Å². The van der Waals surface area contributed by atoms with E-state index in [4.69, 9.17) is 19.9 Å². The van der Waals surface area contributed by atoms with Crippen LogP contribution in [0.25, 0.3) is 0 Å². The number of primary amides is 1. The number of thiazole rings is 1. The fourth-order valence-electron chi connectivity index (χ4n) is 1.52. The smallest absolute Gasteiger partial charge is 0.264 e. The molecular formula is C11H8N2O4S. The molecule has 1 amide bonds. The fraction of sp³-hybridized carbons (Fsp3) is 0.0909. The first-order valence-electron chi connectivity index (χ1n) is 5.05. The molecule has 0 fully saturated rings. The van der Waals surface area contributed by atoms with Crippen LogP contribution in [0.1, 0.15) is 9.67 Å². The van der Waals surface area contributed by atoms with E-state index in [-0.39, 0.29) is 17.6 Å². The standard InChI is InChI=1S/C11H8N2O4S/c12-10(14)9-11(13-4-18-9)17-6-1-2-7-8(3-6)16-5-15-7/h1-4H,5H2,(H2,12,14). The molecule has 1 aromatic carbocycles. The van der Waals surface area contributed by atoms with Crippen LogP contribution in [0, 0.1) is 0 Å². The van der Waals surface area contributed by atoms with Gasteiger partial charge in [0, 0.05) is 6.07 Å². The van der Waals surface area contributed by atoms with Gasteiger partial charge in [0.25, 0.3) is 5.91 Å². The molecule has 92 valence electrons. The number of carbonyl (C=O) groups is 1. The lowest BCUT2D eigenvalue weighted by Crippen LogP contribution is -2.10. The van der Waals surface area contributed by atoms with Crippen LogP contribution in [0.15, 0.2) is 23.7 Å². The predicted octanol–water partition coefficient (Wildman–Crippen LogP) is 1.76. The number of nitrogens with two attached hydrogens (primary N) is 1. The van der Waals surface area contributed by atoms with Gasteiger partial charge in [-0.2, -0.15) is 0 Å². The third kappa shape index (κ3) is 1.84. The Bertz CT molecular complexity index is 611. The van der Waals surface area contributed by atoms with Crippen LogP contribution in [0.2, 0.25) is 0 Å². The average molecular weight is 264 g/mol. The summed E-state index contributed by atoms with van der Waals surface area (Å²) in [6.45, 7) is 0.196. The number of nitrogens with zero attached hydrogens (tertiary/aromatic N) is 1. The van der Waals surface area contributed by atoms with Crippen LogP contribution in [0.5, 0.6) is 23.1 Å². The quantitative estimate of drug-likeness (QED) is 0.913. The molecular weight excluding hydrogens is 256 g/mol. The molecule has 1 aliphatic rings. The van der Waals surface area contributed by atoms with Gasteiger partial charge in [0.05, 0.1) is 5.51 Å². The van der Waals surface area contributed by atoms with Crippen molar-refractivity contribution in [1.29, 1.82) is 0 Å². The molecule has 1 aliphatic heterocycles. The van der Waals surface area contributed by atoms with Crippen molar-refractivity contribution in [2.45, 2.75) is 0 Å². The number of hydrogen-bond donors (Lipinski definition) is 1. The summed E-state index contributed by atoms with van der Waals surface area (Å²) in [5.41, 5.74) is 6.71. The fourth-order valence-corrected chi connectivity index (χ4v) is 2.09. The van der Waals surface area contributed by atoms with E-state index < -0.39 is 5.91 Å². The van der Waals surface area contributed by atoms with E-state index in [9.17, 15) is 4.79 Å². The van der Waals surface area contributed by atoms with E-state index in [1.165, 1.54) is 5.51 Å². The van der Waals surface area contributed by atoms with Crippen molar-refractivity contribution in [3.05, 3.63) is 28.6 Å². The van der Waals surface area contributed by atoms with Gasteiger partial charge in [0.15, 0.2) is 16.4 Å². The minimum atomic E-state index is -0.562. The number of carbonyl (C=O) groups excluding carboxylic acids is 1. The molecule has 2 aromatic rings. The lowest BCUT2D eigenvalue weighted by atomic mass is 10.3. The van der Waals surface area contributed by atoms with Gasteiger partial charge in [-0.15, -0.1) is 11.3 Å². The van der Waals surface area contributed by atoms with Crippen LogP contribution >= 0.6 is 11.3 Å². The number of aromatic nitrogens is 1. The van der Waals surface area contributed by atoms with Crippen LogP contribution in [-0.4, -0.2) is 17.7 Å². The molecule has 0 radical (unpaired) electrons. The van der Waals surface area contributed by atoms with Crippen molar-refractivity contribution < 1.29 is 19.0 Å². The molecule has 2 N–H and O–H groups in total. The molecule has 1 aromatic heterocycles. The molecule has 0 saturated carbocycles. The zero-order valence-electron chi connectivity index (χ0n) is 9.08. The van der Waals surface area contributed by atoms with Gasteiger partial charge in [-0.1, -0.05) is 0 Å². The highest BCUT2D eigenvalue weighted by molar-refractivity contribution is 7.12. The normalized spacial score (nSPS) is 12.4. The SMILES string of the molecule is NC(=O)c1scnc1Oc1ccc2c(c1)OCO2. The van der Waals surface area contributed by atoms with Crippen LogP contribution < -0.4 is 19.9 Å². The third-order valence-electron chi connectivity index (χ3n) is 2.32. The van der Waals surface area contributed by atoms with Gasteiger partial charge in [0.2, 0.25) is 12.7 Å². The summed E-state index contributed by atoms with van der Waals surface area (Å²) in [4.78, 5) is 15.4. The van der Waals surface area contributed by atoms with Gasteiger partial charge >= 0.3 is 0 Å². The van der Waals surface area contributed by atoms with Crippen molar-refractivity contribution in [2.24, 2.45) is 5.73 Å². The van der Waals surface area contributed by atoms with E-state index in [0.717, 1.165) is 11.3 Å². The molecule has 0 unspecified atom stereocenters. The van der Waals surface area contributed by atoms with E-state index in [0.29, 0.717) is 17.2 Å². The number of amides is 1. The van der Waals surface area contributed by atoms with Crippen LogP contribution in [-0.2, 0) is 0 Å². The molecule has 0 saturated heterocycles. The third-order valence-corrected chi connectivity index (χ3v) is 3.14. The lowest BCUT2D eigenvalue weighted by molar-refractivity contribution is 0.100. The maximum absolute atomic E-state index is 11.1. The van der Waals surface area contributed by atoms with Gasteiger partial charge in [0.1, 0.15) is 5.75 Å². The highest BCUT2D eigenvalue weighted by Gasteiger charge is 2.17. The van der Waals surface area contributed by atoms with E-state index in [1.807, 2.05) is 0 Å². The summed E-state index contributed by atoms with van der Waals surface area (Å²) in [5.74, 6) is 1.41. The average Bonchev–Trinajstić information content (AvgIpc) is 2.96. The summed E-state index contributed by atoms with van der Waals surface area (Å²) in [6.07, 6.45) is 0. The minimum Gasteiger partial charge on any atom is -0.454 e. The Morgan fingerprint density at radius 3 is 3.06 bits per heavy atom. The molecule has 0 bridgehead atoms. The second kappa shape index (κ2) is 4.19. The van der Waals surface area contributed by atoms with Crippen molar-refractivity contribution in [2.75, 3.05) is 6.79 Å². The first kappa shape index (κ1) is 10.8. The minimum absolute atomic E-state index is 0.196. The second-order valence-corrected chi connectivity index (χ2v) is 4.32. The monoisotopic (exact) mass is 264 g/mol. The first-order valence-corrected chi connectivity index (χ1v) is 5.93. The molecule has 0 aliphatic carbocycles. The summed E-state index contributed by atoms with van der Waals surface area (Å²) < 4.78 is 15.9. The summed E-state index contributed by atoms with van der Waals surface area (Å²) in [5, 5.41) is 0. The largest absolute Gasteiger partial charge is 0.454 e. The maximum atomic E-state index is 11.1. The molecule has 7 heteroatoms. The summed E-state index contributed by atoms with van der Waals surface area (Å²) >= 11 is 1.14. The maximum Gasteiger partial charge on any atom is 0.264 e. The number of benzene rings is 1. The van der Waals surface area contributed by atoms with Crippen molar-refractivity contribution in [3.8, 4) is 23.1 Å². The Kier molecular flexibility index (Phi) is 2.52. The Hall–Kier alpha value is -2.28. The molecule has 2 heterocycles. The van der Waals surface area contributed by atoms with Gasteiger partial charge in [-0.05, 0) is 12.1 Å². The van der Waals surface area contributed by atoms with Gasteiger partial charge < -0.3 is 19.9 Å². The number of rotatable bonds is 3.